The summed E-state index contributed by atoms with van der Waals surface area (Å²) >= 11 is 0. The van der Waals surface area contributed by atoms with Crippen LogP contribution in [0.5, 0.6) is 0 Å². The second-order valence-corrected chi connectivity index (χ2v) is 6.35. The molecule has 0 unspecified atom stereocenters. The molecule has 0 spiro atoms. The summed E-state index contributed by atoms with van der Waals surface area (Å²) in [6.07, 6.45) is 9.87. The van der Waals surface area contributed by atoms with Crippen molar-refractivity contribution in [1.82, 2.24) is 10.2 Å². The summed E-state index contributed by atoms with van der Waals surface area (Å²) in [7, 11) is 2.12. The van der Waals surface area contributed by atoms with Crippen molar-refractivity contribution in [2.75, 3.05) is 33.3 Å². The fraction of sp³-hybridized carbons (Fsp3) is 0.938. The molecule has 1 saturated heterocycles. The van der Waals surface area contributed by atoms with Gasteiger partial charge in [0.25, 0.3) is 0 Å². The number of amides is 1. The Bertz CT molecular complexity index is 282. The lowest BCUT2D eigenvalue weighted by molar-refractivity contribution is -0.126. The maximum absolute atomic E-state index is 12.0. The van der Waals surface area contributed by atoms with Crippen LogP contribution in [0.1, 0.15) is 51.4 Å². The Morgan fingerprint density at radius 2 is 1.85 bits per heavy atom. The third kappa shape index (κ3) is 5.41. The van der Waals surface area contributed by atoms with E-state index in [1.54, 1.807) is 0 Å². The Hall–Kier alpha value is -0.610. The highest BCUT2D eigenvalue weighted by Gasteiger charge is 2.22. The molecule has 1 heterocycles. The van der Waals surface area contributed by atoms with E-state index in [1.807, 2.05) is 0 Å². The van der Waals surface area contributed by atoms with Crippen molar-refractivity contribution in [3.8, 4) is 0 Å². The minimum atomic E-state index is 0.227. The molecule has 0 radical (unpaired) electrons. The van der Waals surface area contributed by atoms with Gasteiger partial charge in [-0.3, -0.25) is 4.79 Å². The molecule has 20 heavy (non-hydrogen) atoms. The summed E-state index contributed by atoms with van der Waals surface area (Å²) in [6.45, 7) is 3.64. The van der Waals surface area contributed by atoms with Gasteiger partial charge in [0.1, 0.15) is 0 Å². The third-order valence-electron chi connectivity index (χ3n) is 4.62. The number of ether oxygens (including phenoxy) is 1. The zero-order chi connectivity index (χ0) is 14.2. The van der Waals surface area contributed by atoms with E-state index in [0.717, 1.165) is 45.5 Å². The molecule has 0 bridgehead atoms. The topological polar surface area (TPSA) is 41.6 Å². The van der Waals surface area contributed by atoms with Crippen molar-refractivity contribution < 1.29 is 9.53 Å². The van der Waals surface area contributed by atoms with Crippen LogP contribution in [0.2, 0.25) is 0 Å². The smallest absolute Gasteiger partial charge is 0.223 e. The predicted molar refractivity (Wildman–Crippen MR) is 80.7 cm³/mol. The molecule has 2 aliphatic rings. The van der Waals surface area contributed by atoms with Crippen LogP contribution in [-0.2, 0) is 9.53 Å². The zero-order valence-electron chi connectivity index (χ0n) is 12.9. The first-order valence-corrected chi connectivity index (χ1v) is 8.33. The first-order valence-electron chi connectivity index (χ1n) is 8.33. The molecule has 0 atom stereocenters. The fourth-order valence-electron chi connectivity index (χ4n) is 3.18. The second kappa shape index (κ2) is 8.63. The fourth-order valence-corrected chi connectivity index (χ4v) is 3.18. The van der Waals surface area contributed by atoms with Crippen LogP contribution in [-0.4, -0.2) is 50.2 Å². The van der Waals surface area contributed by atoms with E-state index in [9.17, 15) is 4.79 Å². The number of likely N-dealkylation sites (tertiary alicyclic amines) is 1. The van der Waals surface area contributed by atoms with Gasteiger partial charge in [-0.05, 0) is 52.2 Å². The van der Waals surface area contributed by atoms with Gasteiger partial charge in [-0.25, -0.2) is 0 Å². The minimum Gasteiger partial charge on any atom is -0.378 e. The highest BCUT2D eigenvalue weighted by atomic mass is 16.5. The molecule has 0 aromatic rings. The molecule has 1 aliphatic heterocycles. The molecule has 4 heteroatoms. The highest BCUT2D eigenvalue weighted by Crippen LogP contribution is 2.20. The average Bonchev–Trinajstić information content (AvgIpc) is 2.48. The van der Waals surface area contributed by atoms with Gasteiger partial charge in [0.05, 0.1) is 6.10 Å². The van der Waals surface area contributed by atoms with Crippen molar-refractivity contribution in [2.24, 2.45) is 5.92 Å². The van der Waals surface area contributed by atoms with E-state index in [-0.39, 0.29) is 11.8 Å². The summed E-state index contributed by atoms with van der Waals surface area (Å²) < 4.78 is 5.87. The molecule has 116 valence electrons. The molecule has 1 saturated carbocycles. The van der Waals surface area contributed by atoms with Crippen molar-refractivity contribution in [2.45, 2.75) is 57.5 Å². The van der Waals surface area contributed by atoms with Crippen LogP contribution < -0.4 is 5.32 Å². The lowest BCUT2D eigenvalue weighted by atomic mass is 9.96. The maximum atomic E-state index is 12.0. The van der Waals surface area contributed by atoms with Crippen LogP contribution in [0.15, 0.2) is 0 Å². The largest absolute Gasteiger partial charge is 0.378 e. The summed E-state index contributed by atoms with van der Waals surface area (Å²) in [5.74, 6) is 0.473. The molecule has 0 aromatic carbocycles. The second-order valence-electron chi connectivity index (χ2n) is 6.35. The number of nitrogens with one attached hydrogen (secondary N) is 1. The Labute approximate surface area is 123 Å². The Morgan fingerprint density at radius 1 is 1.15 bits per heavy atom. The van der Waals surface area contributed by atoms with E-state index >= 15 is 0 Å². The first kappa shape index (κ1) is 15.8. The Balaban J connectivity index is 1.49. The van der Waals surface area contributed by atoms with Crippen molar-refractivity contribution >= 4 is 5.91 Å². The Kier molecular flexibility index (Phi) is 6.80. The van der Waals surface area contributed by atoms with E-state index in [2.05, 4.69) is 17.3 Å². The third-order valence-corrected chi connectivity index (χ3v) is 4.62. The van der Waals surface area contributed by atoms with Gasteiger partial charge < -0.3 is 15.0 Å². The van der Waals surface area contributed by atoms with Gasteiger partial charge in [-0.1, -0.05) is 19.3 Å². The monoisotopic (exact) mass is 282 g/mol. The number of nitrogens with zero attached hydrogens (tertiary/aromatic N) is 1. The molecule has 1 aliphatic carbocycles. The van der Waals surface area contributed by atoms with Gasteiger partial charge in [-0.15, -0.1) is 0 Å². The molecule has 2 rings (SSSR count). The SMILES string of the molecule is CN1CCC(C(=O)NCCCOC2CCCCC2)CC1. The van der Waals surface area contributed by atoms with Crippen LogP contribution in [0.25, 0.3) is 0 Å². The minimum absolute atomic E-state index is 0.227. The van der Waals surface area contributed by atoms with E-state index < -0.39 is 0 Å². The summed E-state index contributed by atoms with van der Waals surface area (Å²) in [6, 6.07) is 0. The van der Waals surface area contributed by atoms with Gasteiger partial charge in [0, 0.05) is 19.1 Å². The standard InChI is InChI=1S/C16H30N2O2/c1-18-11-8-14(9-12-18)16(19)17-10-5-13-20-15-6-3-2-4-7-15/h14-15H,2-13H2,1H3,(H,17,19). The van der Waals surface area contributed by atoms with Crippen LogP contribution >= 0.6 is 0 Å². The van der Waals surface area contributed by atoms with E-state index in [0.29, 0.717) is 6.10 Å². The number of piperidine rings is 1. The molecule has 1 amide bonds. The lowest BCUT2D eigenvalue weighted by Gasteiger charge is -2.28. The number of hydrogen-bond acceptors (Lipinski definition) is 3. The molecular formula is C16H30N2O2. The molecule has 4 nitrogen and oxygen atoms in total. The van der Waals surface area contributed by atoms with Gasteiger partial charge in [0.2, 0.25) is 5.91 Å². The summed E-state index contributed by atoms with van der Waals surface area (Å²) in [4.78, 5) is 14.3. The highest BCUT2D eigenvalue weighted by molar-refractivity contribution is 5.78. The maximum Gasteiger partial charge on any atom is 0.223 e. The summed E-state index contributed by atoms with van der Waals surface area (Å²) in [5.41, 5.74) is 0. The lowest BCUT2D eigenvalue weighted by Crippen LogP contribution is -2.39. The Morgan fingerprint density at radius 3 is 2.55 bits per heavy atom. The van der Waals surface area contributed by atoms with E-state index in [4.69, 9.17) is 4.74 Å². The molecule has 0 aromatic heterocycles. The van der Waals surface area contributed by atoms with Crippen LogP contribution in [0.3, 0.4) is 0 Å². The predicted octanol–water partition coefficient (Wildman–Crippen LogP) is 2.18. The molecular weight excluding hydrogens is 252 g/mol. The first-order chi connectivity index (χ1) is 9.75. The normalized spacial score (nSPS) is 22.9. The van der Waals surface area contributed by atoms with Crippen molar-refractivity contribution in [1.29, 1.82) is 0 Å². The zero-order valence-corrected chi connectivity index (χ0v) is 12.9. The molecule has 1 N–H and O–H groups in total. The average molecular weight is 282 g/mol. The van der Waals surface area contributed by atoms with Gasteiger partial charge in [-0.2, -0.15) is 0 Å². The van der Waals surface area contributed by atoms with Crippen LogP contribution in [0.4, 0.5) is 0 Å². The molecule has 2 fully saturated rings. The van der Waals surface area contributed by atoms with Crippen molar-refractivity contribution in [3.05, 3.63) is 0 Å². The summed E-state index contributed by atoms with van der Waals surface area (Å²) in [5, 5.41) is 3.07. The quantitative estimate of drug-likeness (QED) is 0.759. The van der Waals surface area contributed by atoms with Crippen LogP contribution in [0, 0.1) is 5.92 Å². The number of carbonyl (C=O) groups is 1. The number of rotatable bonds is 6. The van der Waals surface area contributed by atoms with Crippen molar-refractivity contribution in [3.63, 3.8) is 0 Å². The van der Waals surface area contributed by atoms with Gasteiger partial charge in [0.15, 0.2) is 0 Å². The number of carbonyl (C=O) groups excluding carboxylic acids is 1. The van der Waals surface area contributed by atoms with Gasteiger partial charge >= 0.3 is 0 Å². The number of hydrogen-bond donors (Lipinski definition) is 1. The van der Waals surface area contributed by atoms with E-state index in [1.165, 1.54) is 32.1 Å².